The number of anilines is 2. The van der Waals surface area contributed by atoms with Crippen molar-refractivity contribution in [2.75, 3.05) is 31.3 Å². The summed E-state index contributed by atoms with van der Waals surface area (Å²) in [6, 6.07) is 23.6. The van der Waals surface area contributed by atoms with Gasteiger partial charge in [0.25, 0.3) is 5.91 Å². The Kier molecular flexibility index (Phi) is 7.73. The average Bonchev–Trinajstić information content (AvgIpc) is 3.29. The van der Waals surface area contributed by atoms with Crippen molar-refractivity contribution >= 4 is 28.6 Å². The Hall–Kier alpha value is -5.26. The lowest BCUT2D eigenvalue weighted by molar-refractivity contribution is -0.886. The molecule has 11 heteroatoms. The van der Waals surface area contributed by atoms with Crippen LogP contribution in [0.5, 0.6) is 11.5 Å². The van der Waals surface area contributed by atoms with Gasteiger partial charge in [0.2, 0.25) is 0 Å². The van der Waals surface area contributed by atoms with Crippen LogP contribution in [0.1, 0.15) is 19.3 Å². The molecule has 1 unspecified atom stereocenters. The number of nitrogens with zero attached hydrogens (tertiary/aromatic N) is 6. The Morgan fingerprint density at radius 2 is 1.75 bits per heavy atom. The summed E-state index contributed by atoms with van der Waals surface area (Å²) >= 11 is 0. The smallest absolute Gasteiger partial charge is 0.339 e. The van der Waals surface area contributed by atoms with Crippen LogP contribution in [-0.4, -0.2) is 56.3 Å². The molecule has 224 valence electrons. The molecule has 0 saturated heterocycles. The number of rotatable bonds is 9. The van der Waals surface area contributed by atoms with E-state index in [1.165, 1.54) is 26.4 Å². The second-order valence-corrected chi connectivity index (χ2v) is 11.1. The standard InChI is InChI=1S/C33H33N7O4/c1-37(29(41)15-8-20-40(2,43)26-11-7-12-26)24-9-6-10-25(21-24)39-32-30(31(34)35-22-36-32)38(33(39)42)23-16-18-28(19-17-23)44-27-13-4-3-5-14-27/h3-6,8-10,13-19,21-22,26H,7,11-12,20H2,1-2H3,(H2,34,35,36). The SMILES string of the molecule is CN(C(=O)C=CC[N+](C)([O-])C1CCC1)c1cccc(-n2c(=O)n(-c3ccc(Oc4ccccc4)cc3)c3c(N)ncnc32)c1. The zero-order chi connectivity index (χ0) is 30.8. The summed E-state index contributed by atoms with van der Waals surface area (Å²) in [5, 5.41) is 12.8. The molecule has 3 aromatic carbocycles. The van der Waals surface area contributed by atoms with Crippen LogP contribution >= 0.6 is 0 Å². The highest BCUT2D eigenvalue weighted by atomic mass is 16.5. The normalized spacial score (nSPS) is 14.8. The molecule has 0 bridgehead atoms. The quantitative estimate of drug-likeness (QED) is 0.146. The van der Waals surface area contributed by atoms with Gasteiger partial charge in [-0.05, 0) is 79.9 Å². The van der Waals surface area contributed by atoms with Crippen LogP contribution < -0.4 is 21.1 Å². The van der Waals surface area contributed by atoms with Crippen molar-refractivity contribution in [3.05, 3.63) is 113 Å². The largest absolute Gasteiger partial charge is 0.633 e. The number of benzene rings is 3. The molecule has 1 fully saturated rings. The Balaban J connectivity index is 1.30. The lowest BCUT2D eigenvalue weighted by Crippen LogP contribution is -2.50. The molecule has 0 spiro atoms. The Morgan fingerprint density at radius 3 is 2.45 bits per heavy atom. The maximum Gasteiger partial charge on any atom is 0.339 e. The number of hydroxylamine groups is 3. The lowest BCUT2D eigenvalue weighted by Gasteiger charge is -2.48. The van der Waals surface area contributed by atoms with E-state index in [0.29, 0.717) is 39.7 Å². The number of carbonyl (C=O) groups is 1. The van der Waals surface area contributed by atoms with Crippen LogP contribution in [0.15, 0.2) is 102 Å². The number of hydrogen-bond donors (Lipinski definition) is 1. The molecule has 2 N–H and O–H groups in total. The number of quaternary nitrogens is 1. The molecule has 1 saturated carbocycles. The van der Waals surface area contributed by atoms with E-state index in [9.17, 15) is 14.8 Å². The van der Waals surface area contributed by atoms with Crippen LogP contribution in [-0.2, 0) is 4.79 Å². The van der Waals surface area contributed by atoms with E-state index < -0.39 is 5.69 Å². The summed E-state index contributed by atoms with van der Waals surface area (Å²) in [4.78, 5) is 37.0. The third-order valence-electron chi connectivity index (χ3n) is 8.10. The number of fused-ring (bicyclic) bond motifs is 1. The highest BCUT2D eigenvalue weighted by Crippen LogP contribution is 2.29. The van der Waals surface area contributed by atoms with E-state index in [1.807, 2.05) is 30.3 Å². The molecule has 2 heterocycles. The molecule has 1 aliphatic rings. The van der Waals surface area contributed by atoms with Crippen molar-refractivity contribution < 1.29 is 14.2 Å². The number of nitrogens with two attached hydrogens (primary N) is 1. The first-order valence-corrected chi connectivity index (χ1v) is 14.4. The summed E-state index contributed by atoms with van der Waals surface area (Å²) in [5.74, 6) is 1.17. The minimum atomic E-state index is -0.404. The van der Waals surface area contributed by atoms with E-state index in [1.54, 1.807) is 68.7 Å². The lowest BCUT2D eigenvalue weighted by atomic mass is 9.91. The predicted molar refractivity (Wildman–Crippen MR) is 170 cm³/mol. The first kappa shape index (κ1) is 28.8. The van der Waals surface area contributed by atoms with E-state index in [4.69, 9.17) is 10.5 Å². The number of ether oxygens (including phenoxy) is 1. The van der Waals surface area contributed by atoms with Crippen LogP contribution in [0.3, 0.4) is 0 Å². The monoisotopic (exact) mass is 591 g/mol. The summed E-state index contributed by atoms with van der Waals surface area (Å²) in [7, 11) is 3.30. The van der Waals surface area contributed by atoms with Gasteiger partial charge in [0.1, 0.15) is 23.3 Å². The van der Waals surface area contributed by atoms with Gasteiger partial charge in [-0.1, -0.05) is 24.3 Å². The highest BCUT2D eigenvalue weighted by Gasteiger charge is 2.29. The van der Waals surface area contributed by atoms with Crippen molar-refractivity contribution in [2.45, 2.75) is 25.3 Å². The minimum Gasteiger partial charge on any atom is -0.633 e. The van der Waals surface area contributed by atoms with E-state index >= 15 is 0 Å². The Labute approximate surface area is 254 Å². The number of imidazole rings is 1. The molecule has 0 aliphatic heterocycles. The van der Waals surface area contributed by atoms with Gasteiger partial charge in [-0.25, -0.2) is 19.3 Å². The van der Waals surface area contributed by atoms with Crippen LogP contribution in [0, 0.1) is 5.21 Å². The minimum absolute atomic E-state index is 0.100. The van der Waals surface area contributed by atoms with Gasteiger partial charge in [-0.15, -0.1) is 0 Å². The van der Waals surface area contributed by atoms with Crippen LogP contribution in [0.25, 0.3) is 22.5 Å². The molecule has 1 aliphatic carbocycles. The first-order valence-electron chi connectivity index (χ1n) is 14.4. The third-order valence-corrected chi connectivity index (χ3v) is 8.10. The molecule has 5 aromatic rings. The number of likely N-dealkylation sites (N-methyl/N-ethyl adjacent to an activating group) is 2. The number of aromatic nitrogens is 4. The van der Waals surface area contributed by atoms with Gasteiger partial charge in [-0.2, -0.15) is 0 Å². The number of carbonyl (C=O) groups excluding carboxylic acids is 1. The van der Waals surface area contributed by atoms with Gasteiger partial charge in [0.15, 0.2) is 11.5 Å². The topological polar surface area (TPSA) is 131 Å². The van der Waals surface area contributed by atoms with Crippen LogP contribution in [0.4, 0.5) is 11.5 Å². The van der Waals surface area contributed by atoms with E-state index in [0.717, 1.165) is 19.3 Å². The van der Waals surface area contributed by atoms with Crippen molar-refractivity contribution in [1.29, 1.82) is 0 Å². The van der Waals surface area contributed by atoms with Gasteiger partial charge in [-0.3, -0.25) is 9.36 Å². The first-order chi connectivity index (χ1) is 21.2. The maximum absolute atomic E-state index is 14.0. The van der Waals surface area contributed by atoms with Gasteiger partial charge in [0, 0.05) is 18.8 Å². The van der Waals surface area contributed by atoms with Crippen molar-refractivity contribution in [3.63, 3.8) is 0 Å². The molecule has 1 atom stereocenters. The van der Waals surface area contributed by atoms with Crippen molar-refractivity contribution in [3.8, 4) is 22.9 Å². The summed E-state index contributed by atoms with van der Waals surface area (Å²) in [6.45, 7) is 0.236. The molecular weight excluding hydrogens is 558 g/mol. The molecule has 6 rings (SSSR count). The zero-order valence-electron chi connectivity index (χ0n) is 24.5. The molecular formula is C33H33N7O4. The van der Waals surface area contributed by atoms with Crippen molar-refractivity contribution in [2.24, 2.45) is 0 Å². The number of nitrogen functional groups attached to an aromatic ring is 1. The summed E-state index contributed by atoms with van der Waals surface area (Å²) in [5.41, 5.74) is 8.17. The second kappa shape index (κ2) is 11.8. The van der Waals surface area contributed by atoms with E-state index in [-0.39, 0.29) is 29.0 Å². The molecule has 2 aromatic heterocycles. The number of amides is 1. The van der Waals surface area contributed by atoms with E-state index in [2.05, 4.69) is 9.97 Å². The maximum atomic E-state index is 14.0. The van der Waals surface area contributed by atoms with Gasteiger partial charge < -0.3 is 25.2 Å². The van der Waals surface area contributed by atoms with Gasteiger partial charge >= 0.3 is 5.69 Å². The van der Waals surface area contributed by atoms with Crippen LogP contribution in [0.2, 0.25) is 0 Å². The average molecular weight is 592 g/mol. The third kappa shape index (κ3) is 5.58. The Morgan fingerprint density at radius 1 is 1.02 bits per heavy atom. The second-order valence-electron chi connectivity index (χ2n) is 11.1. The highest BCUT2D eigenvalue weighted by molar-refractivity contribution is 6.01. The molecule has 44 heavy (non-hydrogen) atoms. The number of hydrogen-bond acceptors (Lipinski definition) is 7. The van der Waals surface area contributed by atoms with Gasteiger partial charge in [0.05, 0.1) is 31.0 Å². The Bertz CT molecular complexity index is 1890. The fourth-order valence-electron chi connectivity index (χ4n) is 5.33. The summed E-state index contributed by atoms with van der Waals surface area (Å²) in [6.07, 6.45) is 7.31. The molecule has 11 nitrogen and oxygen atoms in total. The molecule has 1 amide bonds. The predicted octanol–water partition coefficient (Wildman–Crippen LogP) is 4.96. The van der Waals surface area contributed by atoms with Crippen molar-refractivity contribution in [1.82, 2.24) is 19.1 Å². The zero-order valence-corrected chi connectivity index (χ0v) is 24.5. The molecule has 0 radical (unpaired) electrons. The fourth-order valence-corrected chi connectivity index (χ4v) is 5.33. The fraction of sp³-hybridized carbons (Fsp3) is 0.212. The number of para-hydroxylation sites is 1. The summed E-state index contributed by atoms with van der Waals surface area (Å²) < 4.78 is 8.44.